The first kappa shape index (κ1) is 12.5. The molecule has 0 saturated heterocycles. The number of fused-ring (bicyclic) bond motifs is 1. The summed E-state index contributed by atoms with van der Waals surface area (Å²) in [5.41, 5.74) is 3.32. The van der Waals surface area contributed by atoms with Gasteiger partial charge in [0.1, 0.15) is 5.75 Å². The number of nitrogens with zero attached hydrogens (tertiary/aromatic N) is 1. The molecule has 0 fully saturated rings. The van der Waals surface area contributed by atoms with Crippen LogP contribution in [-0.4, -0.2) is 22.8 Å². The van der Waals surface area contributed by atoms with Crippen LogP contribution in [0.25, 0.3) is 10.9 Å². The smallest absolute Gasteiger partial charge is 0.303 e. The van der Waals surface area contributed by atoms with E-state index >= 15 is 0 Å². The Morgan fingerprint density at radius 2 is 2.17 bits per heavy atom. The minimum atomic E-state index is -0.772. The van der Waals surface area contributed by atoms with E-state index in [4.69, 9.17) is 9.84 Å². The molecule has 2 rings (SSSR count). The van der Waals surface area contributed by atoms with Crippen molar-refractivity contribution in [3.05, 3.63) is 29.5 Å². The van der Waals surface area contributed by atoms with Crippen molar-refractivity contribution in [1.82, 2.24) is 4.57 Å². The molecule has 0 unspecified atom stereocenters. The molecule has 1 aromatic carbocycles. The zero-order chi connectivity index (χ0) is 13.3. The van der Waals surface area contributed by atoms with E-state index in [1.165, 1.54) is 0 Å². The quantitative estimate of drug-likeness (QED) is 0.903. The number of ether oxygens (including phenoxy) is 1. The maximum Gasteiger partial charge on any atom is 0.303 e. The number of aromatic nitrogens is 1. The largest absolute Gasteiger partial charge is 0.497 e. The van der Waals surface area contributed by atoms with Gasteiger partial charge in [-0.2, -0.15) is 0 Å². The molecular weight excluding hydrogens is 230 g/mol. The van der Waals surface area contributed by atoms with Gasteiger partial charge in [0.05, 0.1) is 12.6 Å². The lowest BCUT2D eigenvalue weighted by Crippen LogP contribution is -1.96. The van der Waals surface area contributed by atoms with Crippen molar-refractivity contribution < 1.29 is 14.6 Å². The van der Waals surface area contributed by atoms with Crippen molar-refractivity contribution in [3.63, 3.8) is 0 Å². The summed E-state index contributed by atoms with van der Waals surface area (Å²) < 4.78 is 7.31. The molecule has 2 aromatic rings. The highest BCUT2D eigenvalue weighted by atomic mass is 16.5. The number of hydrogen-bond donors (Lipinski definition) is 1. The second kappa shape index (κ2) is 4.72. The van der Waals surface area contributed by atoms with Gasteiger partial charge in [-0.25, -0.2) is 0 Å². The summed E-state index contributed by atoms with van der Waals surface area (Å²) in [6, 6.07) is 3.96. The molecule has 0 aliphatic heterocycles. The second-order valence-corrected chi connectivity index (χ2v) is 4.50. The van der Waals surface area contributed by atoms with Crippen molar-refractivity contribution in [2.45, 2.75) is 19.8 Å². The Morgan fingerprint density at radius 1 is 1.44 bits per heavy atom. The highest BCUT2D eigenvalue weighted by Gasteiger charge is 2.11. The molecular formula is C14H17NO3. The number of carboxylic acid groups (broad SMARTS) is 1. The predicted molar refractivity (Wildman–Crippen MR) is 70.2 cm³/mol. The number of hydrogen-bond acceptors (Lipinski definition) is 2. The molecule has 0 radical (unpaired) electrons. The molecule has 96 valence electrons. The summed E-state index contributed by atoms with van der Waals surface area (Å²) in [7, 11) is 3.62. The molecule has 0 aliphatic rings. The fraction of sp³-hybridized carbons (Fsp3) is 0.357. The van der Waals surface area contributed by atoms with Crippen molar-refractivity contribution in [1.29, 1.82) is 0 Å². The topological polar surface area (TPSA) is 51.5 Å². The van der Waals surface area contributed by atoms with Gasteiger partial charge in [-0.1, -0.05) is 0 Å². The van der Waals surface area contributed by atoms with E-state index in [0.29, 0.717) is 6.42 Å². The van der Waals surface area contributed by atoms with Crippen LogP contribution < -0.4 is 4.74 Å². The normalized spacial score (nSPS) is 10.8. The van der Waals surface area contributed by atoms with Gasteiger partial charge >= 0.3 is 5.97 Å². The third kappa shape index (κ3) is 2.18. The number of carbonyl (C=O) groups is 1. The van der Waals surface area contributed by atoms with Gasteiger partial charge < -0.3 is 14.4 Å². The van der Waals surface area contributed by atoms with Crippen molar-refractivity contribution in [3.8, 4) is 5.75 Å². The summed E-state index contributed by atoms with van der Waals surface area (Å²) in [6.07, 6.45) is 2.69. The third-order valence-corrected chi connectivity index (χ3v) is 3.17. The third-order valence-electron chi connectivity index (χ3n) is 3.17. The Kier molecular flexibility index (Phi) is 3.28. The molecule has 4 nitrogen and oxygen atoms in total. The van der Waals surface area contributed by atoms with E-state index in [0.717, 1.165) is 27.8 Å². The van der Waals surface area contributed by atoms with Crippen LogP contribution in [0, 0.1) is 6.92 Å². The van der Waals surface area contributed by atoms with Gasteiger partial charge in [0, 0.05) is 25.1 Å². The molecule has 0 bridgehead atoms. The summed E-state index contributed by atoms with van der Waals surface area (Å²) in [6.45, 7) is 2.03. The van der Waals surface area contributed by atoms with E-state index < -0.39 is 5.97 Å². The molecule has 0 saturated carbocycles. The van der Waals surface area contributed by atoms with Crippen LogP contribution >= 0.6 is 0 Å². The van der Waals surface area contributed by atoms with Gasteiger partial charge in [-0.05, 0) is 36.6 Å². The Labute approximate surface area is 106 Å². The number of rotatable bonds is 4. The molecule has 4 heteroatoms. The SMILES string of the molecule is COc1cc(C)c2c(c1)c(CCC(=O)O)cn2C. The van der Waals surface area contributed by atoms with Crippen LogP contribution in [0.3, 0.4) is 0 Å². The van der Waals surface area contributed by atoms with Crippen LogP contribution in [0.2, 0.25) is 0 Å². The van der Waals surface area contributed by atoms with Gasteiger partial charge in [0.15, 0.2) is 0 Å². The molecule has 0 atom stereocenters. The lowest BCUT2D eigenvalue weighted by Gasteiger charge is -2.05. The minimum Gasteiger partial charge on any atom is -0.497 e. The first-order valence-electron chi connectivity index (χ1n) is 5.87. The molecule has 0 amide bonds. The predicted octanol–water partition coefficient (Wildman–Crippen LogP) is 2.51. The van der Waals surface area contributed by atoms with Gasteiger partial charge in [0.25, 0.3) is 0 Å². The Balaban J connectivity index is 2.53. The Hall–Kier alpha value is -1.97. The monoisotopic (exact) mass is 247 g/mol. The van der Waals surface area contributed by atoms with Crippen LogP contribution in [-0.2, 0) is 18.3 Å². The zero-order valence-electron chi connectivity index (χ0n) is 10.9. The van der Waals surface area contributed by atoms with Crippen molar-refractivity contribution in [2.24, 2.45) is 7.05 Å². The number of methoxy groups -OCH3 is 1. The summed E-state index contributed by atoms with van der Waals surface area (Å²) in [4.78, 5) is 10.7. The molecule has 1 aromatic heterocycles. The maximum absolute atomic E-state index is 10.7. The van der Waals surface area contributed by atoms with E-state index in [-0.39, 0.29) is 6.42 Å². The summed E-state index contributed by atoms with van der Waals surface area (Å²) in [5.74, 6) is 0.0365. The first-order chi connectivity index (χ1) is 8.52. The van der Waals surface area contributed by atoms with E-state index in [9.17, 15) is 4.79 Å². The van der Waals surface area contributed by atoms with E-state index in [1.807, 2.05) is 36.9 Å². The highest BCUT2D eigenvalue weighted by Crippen LogP contribution is 2.29. The first-order valence-corrected chi connectivity index (χ1v) is 5.87. The van der Waals surface area contributed by atoms with E-state index in [1.54, 1.807) is 7.11 Å². The molecule has 1 N–H and O–H groups in total. The Bertz CT molecular complexity index is 599. The average Bonchev–Trinajstić information content (AvgIpc) is 2.63. The zero-order valence-corrected chi connectivity index (χ0v) is 10.9. The fourth-order valence-corrected chi connectivity index (χ4v) is 2.39. The standard InChI is InChI=1S/C14H17NO3/c1-9-6-11(18-3)7-12-10(4-5-13(16)17)8-15(2)14(9)12/h6-8H,4-5H2,1-3H3,(H,16,17). The Morgan fingerprint density at radius 3 is 2.78 bits per heavy atom. The number of benzene rings is 1. The summed E-state index contributed by atoms with van der Waals surface area (Å²) in [5, 5.41) is 9.86. The molecule has 0 spiro atoms. The molecule has 1 heterocycles. The lowest BCUT2D eigenvalue weighted by atomic mass is 10.1. The van der Waals surface area contributed by atoms with Crippen LogP contribution in [0.15, 0.2) is 18.3 Å². The maximum atomic E-state index is 10.7. The van der Waals surface area contributed by atoms with Crippen LogP contribution in [0.4, 0.5) is 0 Å². The molecule has 18 heavy (non-hydrogen) atoms. The number of aryl methyl sites for hydroxylation is 3. The second-order valence-electron chi connectivity index (χ2n) is 4.50. The van der Waals surface area contributed by atoms with E-state index in [2.05, 4.69) is 0 Å². The average molecular weight is 247 g/mol. The lowest BCUT2D eigenvalue weighted by molar-refractivity contribution is -0.136. The molecule has 0 aliphatic carbocycles. The van der Waals surface area contributed by atoms with Gasteiger partial charge in [-0.15, -0.1) is 0 Å². The van der Waals surface area contributed by atoms with Crippen molar-refractivity contribution >= 4 is 16.9 Å². The van der Waals surface area contributed by atoms with Gasteiger partial charge in [0.2, 0.25) is 0 Å². The van der Waals surface area contributed by atoms with Crippen LogP contribution in [0.5, 0.6) is 5.75 Å². The minimum absolute atomic E-state index is 0.148. The van der Waals surface area contributed by atoms with Crippen molar-refractivity contribution in [2.75, 3.05) is 7.11 Å². The summed E-state index contributed by atoms with van der Waals surface area (Å²) >= 11 is 0. The van der Waals surface area contributed by atoms with Gasteiger partial charge in [-0.3, -0.25) is 4.79 Å². The van der Waals surface area contributed by atoms with Crippen LogP contribution in [0.1, 0.15) is 17.5 Å². The number of carboxylic acids is 1. The fourth-order valence-electron chi connectivity index (χ4n) is 2.39. The number of aliphatic carboxylic acids is 1. The highest BCUT2D eigenvalue weighted by molar-refractivity contribution is 5.88.